The van der Waals surface area contributed by atoms with Crippen LogP contribution in [-0.2, 0) is 25.5 Å². The Balaban J connectivity index is 0.827. The maximum atomic E-state index is 13.0. The highest BCUT2D eigenvalue weighted by Gasteiger charge is 2.18. The van der Waals surface area contributed by atoms with E-state index < -0.39 is 12.2 Å². The molecular weight excluding hydrogens is 686 g/mol. The predicted octanol–water partition coefficient (Wildman–Crippen LogP) is 8.12. The first-order valence-corrected chi connectivity index (χ1v) is 18.0. The zero-order chi connectivity index (χ0) is 37.3. The molecule has 0 atom stereocenters. The van der Waals surface area contributed by atoms with Crippen molar-refractivity contribution in [1.29, 1.82) is 0 Å². The Hall–Kier alpha value is -5.88. The summed E-state index contributed by atoms with van der Waals surface area (Å²) in [6.07, 6.45) is -0.886. The van der Waals surface area contributed by atoms with Crippen LogP contribution in [0.3, 0.4) is 0 Å². The van der Waals surface area contributed by atoms with Crippen molar-refractivity contribution in [2.24, 2.45) is 0 Å². The van der Waals surface area contributed by atoms with Gasteiger partial charge in [0.15, 0.2) is 0 Å². The molecule has 0 fully saturated rings. The fourth-order valence-corrected chi connectivity index (χ4v) is 6.64. The van der Waals surface area contributed by atoms with E-state index in [1.807, 2.05) is 129 Å². The highest BCUT2D eigenvalue weighted by Crippen LogP contribution is 2.30. The van der Waals surface area contributed by atoms with Crippen molar-refractivity contribution >= 4 is 55.8 Å². The Bertz CT molecular complexity index is 2120. The van der Waals surface area contributed by atoms with Crippen LogP contribution in [0.1, 0.15) is 5.56 Å². The molecule has 11 heteroatoms. The third-order valence-electron chi connectivity index (χ3n) is 8.86. The van der Waals surface area contributed by atoms with Gasteiger partial charge in [-0.05, 0) is 56.1 Å². The van der Waals surface area contributed by atoms with Gasteiger partial charge in [-0.2, -0.15) is 0 Å². The van der Waals surface area contributed by atoms with Crippen LogP contribution in [0.25, 0.3) is 43.6 Å². The van der Waals surface area contributed by atoms with Gasteiger partial charge in [-0.15, -0.1) is 0 Å². The number of hydrogen-bond acceptors (Lipinski definition) is 9. The topological polar surface area (TPSA) is 103 Å². The summed E-state index contributed by atoms with van der Waals surface area (Å²) < 4.78 is 37.7. The van der Waals surface area contributed by atoms with Crippen LogP contribution in [-0.4, -0.2) is 93.2 Å². The van der Waals surface area contributed by atoms with E-state index in [0.717, 1.165) is 49.2 Å². The summed E-state index contributed by atoms with van der Waals surface area (Å²) in [5.41, 5.74) is 4.25. The molecule has 54 heavy (non-hydrogen) atoms. The van der Waals surface area contributed by atoms with E-state index in [4.69, 9.17) is 28.4 Å². The van der Waals surface area contributed by atoms with Crippen molar-refractivity contribution in [2.75, 3.05) is 67.0 Å². The first-order valence-electron chi connectivity index (χ1n) is 18.0. The number of hydrogen-bond donors (Lipinski definition) is 0. The minimum absolute atomic E-state index is 0.113. The lowest BCUT2D eigenvalue weighted by Crippen LogP contribution is -2.18. The van der Waals surface area contributed by atoms with E-state index in [1.54, 1.807) is 9.13 Å². The number of fused-ring (bicyclic) bond motifs is 6. The number of para-hydroxylation sites is 4. The molecule has 278 valence electrons. The lowest BCUT2D eigenvalue weighted by Gasteiger charge is -2.15. The number of ether oxygens (including phenoxy) is 6. The summed E-state index contributed by atoms with van der Waals surface area (Å²) in [6.45, 7) is 2.65. The third-order valence-corrected chi connectivity index (χ3v) is 8.86. The van der Waals surface area contributed by atoms with Gasteiger partial charge >= 0.3 is 12.2 Å². The molecule has 0 amide bonds. The lowest BCUT2D eigenvalue weighted by atomic mass is 10.2. The van der Waals surface area contributed by atoms with Gasteiger partial charge in [0.05, 0.1) is 48.5 Å². The summed E-state index contributed by atoms with van der Waals surface area (Å²) >= 11 is 0. The van der Waals surface area contributed by atoms with Crippen LogP contribution in [0, 0.1) is 0 Å². The smallest absolute Gasteiger partial charge is 0.419 e. The number of carbonyl (C=O) groups is 2. The van der Waals surface area contributed by atoms with Gasteiger partial charge in [0.25, 0.3) is 0 Å². The molecule has 11 nitrogen and oxygen atoms in total. The number of carbonyl (C=O) groups excluding carboxylic acids is 2. The molecule has 7 aromatic rings. The highest BCUT2D eigenvalue weighted by atomic mass is 16.6. The number of rotatable bonds is 16. The molecule has 0 N–H and O–H groups in total. The van der Waals surface area contributed by atoms with Gasteiger partial charge in [0, 0.05) is 34.2 Å². The van der Waals surface area contributed by atoms with E-state index in [0.29, 0.717) is 44.5 Å². The molecule has 7 rings (SSSR count). The van der Waals surface area contributed by atoms with Crippen LogP contribution in [0.4, 0.5) is 9.59 Å². The highest BCUT2D eigenvalue weighted by molar-refractivity contribution is 6.13. The Morgan fingerprint density at radius 1 is 0.481 bits per heavy atom. The normalized spacial score (nSPS) is 11.5. The molecule has 0 unspecified atom stereocenters. The number of aromatic nitrogens is 2. The van der Waals surface area contributed by atoms with E-state index in [-0.39, 0.29) is 26.4 Å². The van der Waals surface area contributed by atoms with Gasteiger partial charge in [-0.3, -0.25) is 0 Å². The van der Waals surface area contributed by atoms with Crippen molar-refractivity contribution in [3.8, 4) is 11.5 Å². The SMILES string of the molecule is CN(C)Cc1cc(OCCOCCOC(=O)n2c3ccccc3c3ccccc32)cc(OCCOCCOC(=O)n2c3ccccc3c3ccccc32)c1. The largest absolute Gasteiger partial charge is 0.491 e. The minimum Gasteiger partial charge on any atom is -0.491 e. The molecule has 5 aromatic carbocycles. The van der Waals surface area contributed by atoms with Gasteiger partial charge in [-0.1, -0.05) is 72.8 Å². The zero-order valence-electron chi connectivity index (χ0n) is 30.4. The molecular formula is C43H43N3O8. The molecule has 0 aliphatic heterocycles. The summed E-state index contributed by atoms with van der Waals surface area (Å²) in [7, 11) is 4.00. The maximum absolute atomic E-state index is 13.0. The van der Waals surface area contributed by atoms with Crippen molar-refractivity contribution < 1.29 is 38.0 Å². The second kappa shape index (κ2) is 17.3. The molecule has 0 saturated carbocycles. The average molecular weight is 730 g/mol. The molecule has 0 saturated heterocycles. The van der Waals surface area contributed by atoms with Gasteiger partial charge in [-0.25, -0.2) is 18.7 Å². The second-order valence-corrected chi connectivity index (χ2v) is 12.9. The molecule has 2 heterocycles. The van der Waals surface area contributed by atoms with E-state index in [2.05, 4.69) is 4.90 Å². The standard InChI is InChI=1S/C43H43N3O8/c1-44(2)30-31-27-32(51-23-19-49-21-25-53-42(47)45-38-15-7-3-11-34(38)35-12-4-8-16-39(35)45)29-33(28-31)52-24-20-50-22-26-54-43(48)46-40-17-9-5-13-36(40)37-14-6-10-18-41(37)46/h3-18,27-29H,19-26,30H2,1-2H3. The summed E-state index contributed by atoms with van der Waals surface area (Å²) in [6, 6.07) is 36.9. The summed E-state index contributed by atoms with van der Waals surface area (Å²) in [5, 5.41) is 4.01. The zero-order valence-corrected chi connectivity index (χ0v) is 30.4. The first-order chi connectivity index (χ1) is 26.5. The summed E-state index contributed by atoms with van der Waals surface area (Å²) in [4.78, 5) is 28.2. The van der Waals surface area contributed by atoms with Gasteiger partial charge in [0.2, 0.25) is 0 Å². The van der Waals surface area contributed by atoms with Gasteiger partial charge < -0.3 is 33.3 Å². The predicted molar refractivity (Wildman–Crippen MR) is 209 cm³/mol. The Labute approximate surface area is 313 Å². The molecule has 0 bridgehead atoms. The van der Waals surface area contributed by atoms with E-state index in [1.165, 1.54) is 0 Å². The molecule has 0 radical (unpaired) electrons. The van der Waals surface area contributed by atoms with Crippen LogP contribution >= 0.6 is 0 Å². The van der Waals surface area contributed by atoms with Crippen molar-refractivity contribution in [2.45, 2.75) is 6.54 Å². The first kappa shape index (κ1) is 36.5. The van der Waals surface area contributed by atoms with Crippen molar-refractivity contribution in [3.63, 3.8) is 0 Å². The Morgan fingerprint density at radius 2 is 0.833 bits per heavy atom. The van der Waals surface area contributed by atoms with Crippen LogP contribution < -0.4 is 9.47 Å². The lowest BCUT2D eigenvalue weighted by molar-refractivity contribution is 0.0576. The minimum atomic E-state index is -0.443. The van der Waals surface area contributed by atoms with Gasteiger partial charge in [0.1, 0.15) is 37.9 Å². The second-order valence-electron chi connectivity index (χ2n) is 12.9. The fourth-order valence-electron chi connectivity index (χ4n) is 6.64. The van der Waals surface area contributed by atoms with Crippen molar-refractivity contribution in [3.05, 3.63) is 121 Å². The van der Waals surface area contributed by atoms with Crippen molar-refractivity contribution in [1.82, 2.24) is 14.0 Å². The summed E-state index contributed by atoms with van der Waals surface area (Å²) in [5.74, 6) is 1.31. The monoisotopic (exact) mass is 729 g/mol. The van der Waals surface area contributed by atoms with Crippen LogP contribution in [0.5, 0.6) is 11.5 Å². The molecule has 0 spiro atoms. The third kappa shape index (κ3) is 8.34. The molecule has 0 aliphatic rings. The van der Waals surface area contributed by atoms with Crippen LogP contribution in [0.15, 0.2) is 115 Å². The Morgan fingerprint density at radius 3 is 1.20 bits per heavy atom. The number of nitrogens with zero attached hydrogens (tertiary/aromatic N) is 3. The molecule has 2 aromatic heterocycles. The fraction of sp³-hybridized carbons (Fsp3) is 0.256. The quantitative estimate of drug-likeness (QED) is 0.0913. The molecule has 0 aliphatic carbocycles. The van der Waals surface area contributed by atoms with E-state index in [9.17, 15) is 9.59 Å². The van der Waals surface area contributed by atoms with E-state index >= 15 is 0 Å². The number of benzene rings is 5. The average Bonchev–Trinajstić information content (AvgIpc) is 3.70. The maximum Gasteiger partial charge on any atom is 0.419 e. The Kier molecular flexibility index (Phi) is 11.7. The van der Waals surface area contributed by atoms with Crippen LogP contribution in [0.2, 0.25) is 0 Å².